The molecule has 0 aliphatic heterocycles. The maximum Gasteiger partial charge on any atom is 0.264 e. The molecule has 0 radical (unpaired) electrons. The van der Waals surface area contributed by atoms with Crippen LogP contribution in [0.2, 0.25) is 0 Å². The predicted molar refractivity (Wildman–Crippen MR) is 78.5 cm³/mol. The van der Waals surface area contributed by atoms with Crippen molar-refractivity contribution in [1.82, 2.24) is 15.6 Å². The smallest absolute Gasteiger partial charge is 0.264 e. The zero-order chi connectivity index (χ0) is 15.1. The Morgan fingerprint density at radius 3 is 2.71 bits per heavy atom. The molecule has 7 heteroatoms. The molecule has 3 N–H and O–H groups in total. The summed E-state index contributed by atoms with van der Waals surface area (Å²) in [6.45, 7) is 2.54. The molecular weight excluding hydrogens is 272 g/mol. The number of H-pyrrole nitrogens is 2. The fraction of sp³-hybridized carbons (Fsp3) is 0.214. The first-order valence-electron chi connectivity index (χ1n) is 6.48. The van der Waals surface area contributed by atoms with E-state index in [2.05, 4.69) is 20.7 Å². The van der Waals surface area contributed by atoms with Gasteiger partial charge in [0.2, 0.25) is 5.91 Å². The van der Waals surface area contributed by atoms with E-state index in [4.69, 9.17) is 4.74 Å². The van der Waals surface area contributed by atoms with Gasteiger partial charge in [0, 0.05) is 11.8 Å². The number of aromatic nitrogens is 2. The molecule has 7 nitrogen and oxygen atoms in total. The molecule has 0 fully saturated rings. The zero-order valence-corrected chi connectivity index (χ0v) is 11.6. The van der Waals surface area contributed by atoms with E-state index in [1.165, 1.54) is 12.3 Å². The van der Waals surface area contributed by atoms with Crippen LogP contribution >= 0.6 is 0 Å². The number of amides is 1. The summed E-state index contributed by atoms with van der Waals surface area (Å²) < 4.78 is 5.33. The monoisotopic (exact) mass is 288 g/mol. The summed E-state index contributed by atoms with van der Waals surface area (Å²) in [5, 5.41) is 8.81. The van der Waals surface area contributed by atoms with Crippen molar-refractivity contribution in [1.29, 1.82) is 0 Å². The second-order valence-electron chi connectivity index (χ2n) is 4.26. The van der Waals surface area contributed by atoms with E-state index < -0.39 is 0 Å². The fourth-order valence-corrected chi connectivity index (χ4v) is 1.68. The van der Waals surface area contributed by atoms with E-state index in [0.717, 1.165) is 11.3 Å². The van der Waals surface area contributed by atoms with Crippen molar-refractivity contribution in [2.24, 2.45) is 5.10 Å². The minimum atomic E-state index is -0.313. The Bertz CT molecular complexity index is 670. The molecule has 1 aromatic heterocycles. The quantitative estimate of drug-likeness (QED) is 0.541. The molecule has 2 rings (SSSR count). The van der Waals surface area contributed by atoms with Gasteiger partial charge in [-0.15, -0.1) is 0 Å². The number of rotatable bonds is 6. The molecule has 0 unspecified atom stereocenters. The van der Waals surface area contributed by atoms with Gasteiger partial charge in [-0.25, -0.2) is 5.43 Å². The van der Waals surface area contributed by atoms with Crippen molar-refractivity contribution in [2.45, 2.75) is 13.3 Å². The Labute approximate surface area is 121 Å². The number of hydrazone groups is 1. The molecule has 0 saturated heterocycles. The number of carbonyl (C=O) groups is 1. The van der Waals surface area contributed by atoms with Crippen molar-refractivity contribution in [3.8, 4) is 5.75 Å². The number of nitrogens with zero attached hydrogens (tertiary/aromatic N) is 1. The van der Waals surface area contributed by atoms with Gasteiger partial charge in [0.15, 0.2) is 0 Å². The first-order chi connectivity index (χ1) is 10.2. The van der Waals surface area contributed by atoms with E-state index in [-0.39, 0.29) is 17.9 Å². The van der Waals surface area contributed by atoms with Gasteiger partial charge in [-0.3, -0.25) is 14.7 Å². The van der Waals surface area contributed by atoms with Crippen LogP contribution in [0.5, 0.6) is 5.75 Å². The highest BCUT2D eigenvalue weighted by Crippen LogP contribution is 2.10. The topological polar surface area (TPSA) is 99.3 Å². The van der Waals surface area contributed by atoms with Gasteiger partial charge in [-0.1, -0.05) is 0 Å². The minimum Gasteiger partial charge on any atom is -0.494 e. The summed E-state index contributed by atoms with van der Waals surface area (Å²) >= 11 is 0. The van der Waals surface area contributed by atoms with Crippen LogP contribution in [0.15, 0.2) is 40.2 Å². The molecular formula is C14H16N4O3. The highest BCUT2D eigenvalue weighted by Gasteiger charge is 2.03. The molecule has 21 heavy (non-hydrogen) atoms. The number of benzene rings is 1. The van der Waals surface area contributed by atoms with Gasteiger partial charge in [-0.2, -0.15) is 5.10 Å². The molecule has 1 aromatic carbocycles. The summed E-state index contributed by atoms with van der Waals surface area (Å²) in [5.41, 5.74) is 3.47. The summed E-state index contributed by atoms with van der Waals surface area (Å²) in [7, 11) is 0. The van der Waals surface area contributed by atoms with Crippen LogP contribution in [0.4, 0.5) is 0 Å². The normalized spacial score (nSPS) is 10.7. The van der Waals surface area contributed by atoms with Gasteiger partial charge in [-0.05, 0) is 36.8 Å². The minimum absolute atomic E-state index is 0.0549. The molecule has 0 saturated carbocycles. The van der Waals surface area contributed by atoms with Crippen LogP contribution < -0.4 is 15.7 Å². The Morgan fingerprint density at radius 2 is 2.10 bits per heavy atom. The second-order valence-corrected chi connectivity index (χ2v) is 4.26. The average Bonchev–Trinajstić information content (AvgIpc) is 2.86. The summed E-state index contributed by atoms with van der Waals surface area (Å²) in [4.78, 5) is 22.5. The van der Waals surface area contributed by atoms with Crippen molar-refractivity contribution in [3.63, 3.8) is 0 Å². The lowest BCUT2D eigenvalue weighted by Gasteiger charge is -2.02. The second kappa shape index (κ2) is 7.09. The maximum atomic E-state index is 11.6. The Balaban J connectivity index is 1.83. The highest BCUT2D eigenvalue weighted by molar-refractivity contribution is 5.83. The first-order valence-corrected chi connectivity index (χ1v) is 6.48. The van der Waals surface area contributed by atoms with Crippen molar-refractivity contribution in [3.05, 3.63) is 51.9 Å². The number of carbonyl (C=O) groups excluding carboxylic acids is 1. The van der Waals surface area contributed by atoms with Crippen molar-refractivity contribution >= 4 is 12.1 Å². The standard InChI is InChI=1S/C14H16N4O3/c1-2-21-12-5-3-10(4-6-12)9-15-17-13(19)7-11-8-14(20)18-16-11/h3-6,8-9H,2,7H2,1H3,(H,17,19)(H2,16,18,20)/b15-9+. The highest BCUT2D eigenvalue weighted by atomic mass is 16.5. The molecule has 0 atom stereocenters. The number of ether oxygens (including phenoxy) is 1. The van der Waals surface area contributed by atoms with Crippen LogP contribution in [0.25, 0.3) is 0 Å². The Kier molecular flexibility index (Phi) is 4.92. The Morgan fingerprint density at radius 1 is 1.33 bits per heavy atom. The third-order valence-electron chi connectivity index (χ3n) is 2.60. The van der Waals surface area contributed by atoms with Crippen LogP contribution in [0.3, 0.4) is 0 Å². The first kappa shape index (κ1) is 14.6. The third kappa shape index (κ3) is 4.64. The lowest BCUT2D eigenvalue weighted by molar-refractivity contribution is -0.120. The summed E-state index contributed by atoms with van der Waals surface area (Å²) in [5.74, 6) is 0.475. The van der Waals surface area contributed by atoms with Crippen LogP contribution in [0.1, 0.15) is 18.2 Å². The molecule has 0 aliphatic rings. The van der Waals surface area contributed by atoms with Crippen LogP contribution in [0, 0.1) is 0 Å². The van der Waals surface area contributed by atoms with Gasteiger partial charge < -0.3 is 9.84 Å². The molecule has 110 valence electrons. The molecule has 1 amide bonds. The van der Waals surface area contributed by atoms with E-state index >= 15 is 0 Å². The van der Waals surface area contributed by atoms with Gasteiger partial charge >= 0.3 is 0 Å². The molecule has 0 spiro atoms. The van der Waals surface area contributed by atoms with Gasteiger partial charge in [0.05, 0.1) is 19.2 Å². The van der Waals surface area contributed by atoms with Crippen molar-refractivity contribution < 1.29 is 9.53 Å². The number of hydrogen-bond acceptors (Lipinski definition) is 4. The van der Waals surface area contributed by atoms with Gasteiger partial charge in [0.1, 0.15) is 5.75 Å². The lowest BCUT2D eigenvalue weighted by atomic mass is 10.2. The van der Waals surface area contributed by atoms with Crippen LogP contribution in [-0.2, 0) is 11.2 Å². The largest absolute Gasteiger partial charge is 0.494 e. The van der Waals surface area contributed by atoms with Crippen molar-refractivity contribution in [2.75, 3.05) is 6.61 Å². The molecule has 0 bridgehead atoms. The third-order valence-corrected chi connectivity index (χ3v) is 2.60. The zero-order valence-electron chi connectivity index (χ0n) is 11.6. The van der Waals surface area contributed by atoms with E-state index in [1.54, 1.807) is 0 Å². The van der Waals surface area contributed by atoms with E-state index in [9.17, 15) is 9.59 Å². The Hall–Kier alpha value is -2.83. The predicted octanol–water partition coefficient (Wildman–Crippen LogP) is 0.794. The number of aromatic amines is 2. The summed E-state index contributed by atoms with van der Waals surface area (Å²) in [6.07, 6.45) is 1.59. The van der Waals surface area contributed by atoms with Crippen LogP contribution in [-0.4, -0.2) is 28.9 Å². The fourth-order valence-electron chi connectivity index (χ4n) is 1.68. The SMILES string of the molecule is CCOc1ccc(/C=N/NC(=O)Cc2cc(=O)[nH][nH]2)cc1. The molecule has 2 aromatic rings. The lowest BCUT2D eigenvalue weighted by Crippen LogP contribution is -2.20. The van der Waals surface area contributed by atoms with E-state index in [0.29, 0.717) is 12.3 Å². The molecule has 0 aliphatic carbocycles. The number of nitrogens with one attached hydrogen (secondary N) is 3. The summed E-state index contributed by atoms with van der Waals surface area (Å²) in [6, 6.07) is 8.67. The van der Waals surface area contributed by atoms with E-state index in [1.807, 2.05) is 31.2 Å². The van der Waals surface area contributed by atoms with Gasteiger partial charge in [0.25, 0.3) is 5.56 Å². The number of hydrogen-bond donors (Lipinski definition) is 3. The maximum absolute atomic E-state index is 11.6. The molecule has 1 heterocycles. The average molecular weight is 288 g/mol.